The van der Waals surface area contributed by atoms with E-state index >= 15 is 0 Å². The number of ketones is 1. The first kappa shape index (κ1) is 19.3. The highest BCUT2D eigenvalue weighted by Gasteiger charge is 2.12. The molecule has 1 heterocycles. The van der Waals surface area contributed by atoms with Gasteiger partial charge in [0.25, 0.3) is 11.8 Å². The van der Waals surface area contributed by atoms with Gasteiger partial charge in [-0.3, -0.25) is 19.4 Å². The molecule has 2 N–H and O–H groups in total. The third kappa shape index (κ3) is 5.51. The summed E-state index contributed by atoms with van der Waals surface area (Å²) >= 11 is 0. The average Bonchev–Trinajstić information content (AvgIpc) is 2.61. The summed E-state index contributed by atoms with van der Waals surface area (Å²) < 4.78 is 0. The summed E-state index contributed by atoms with van der Waals surface area (Å²) in [5.74, 6) is -0.236. The molecule has 2 rings (SSSR count). The number of benzene rings is 1. The Labute approximate surface area is 153 Å². The molecule has 0 radical (unpaired) electrons. The molecule has 0 atom stereocenters. The number of Topliss-reactive ketones (excluding diaryl/α,β-unsaturated/α-hetero) is 1. The lowest BCUT2D eigenvalue weighted by atomic mass is 10.1. The number of carbonyl (C=O) groups is 3. The van der Waals surface area contributed by atoms with Gasteiger partial charge in [-0.05, 0) is 37.5 Å². The summed E-state index contributed by atoms with van der Waals surface area (Å²) in [5.41, 5.74) is 1.63. The molecule has 0 aliphatic rings. The van der Waals surface area contributed by atoms with Gasteiger partial charge in [-0.1, -0.05) is 26.0 Å². The van der Waals surface area contributed by atoms with Crippen molar-refractivity contribution in [1.29, 1.82) is 0 Å². The maximum absolute atomic E-state index is 12.4. The van der Waals surface area contributed by atoms with Crippen molar-refractivity contribution >= 4 is 23.3 Å². The first-order valence-corrected chi connectivity index (χ1v) is 8.52. The summed E-state index contributed by atoms with van der Waals surface area (Å²) in [6.45, 7) is 6.20. The van der Waals surface area contributed by atoms with Crippen LogP contribution in [0.3, 0.4) is 0 Å². The van der Waals surface area contributed by atoms with Gasteiger partial charge in [0.05, 0.1) is 11.1 Å². The Bertz CT molecular complexity index is 815. The van der Waals surface area contributed by atoms with Crippen LogP contribution in [0.2, 0.25) is 0 Å². The standard InChI is InChI=1S/C20H23N3O3/c1-13(2)7-8-22-19(25)16-9-17(12-21-11-16)20(26)23-18-6-4-5-15(10-18)14(3)24/h4-6,9-13H,7-8H2,1-3H3,(H,22,25)(H,23,26). The first-order chi connectivity index (χ1) is 12.4. The number of nitrogens with zero attached hydrogens (tertiary/aromatic N) is 1. The van der Waals surface area contributed by atoms with Crippen LogP contribution in [-0.4, -0.2) is 29.1 Å². The highest BCUT2D eigenvalue weighted by Crippen LogP contribution is 2.13. The summed E-state index contributed by atoms with van der Waals surface area (Å²) in [6.07, 6.45) is 3.71. The van der Waals surface area contributed by atoms with Crippen LogP contribution in [0.15, 0.2) is 42.7 Å². The van der Waals surface area contributed by atoms with Crippen LogP contribution < -0.4 is 10.6 Å². The summed E-state index contributed by atoms with van der Waals surface area (Å²) in [7, 11) is 0. The molecule has 0 aliphatic heterocycles. The smallest absolute Gasteiger partial charge is 0.257 e. The fourth-order valence-corrected chi connectivity index (χ4v) is 2.28. The van der Waals surface area contributed by atoms with E-state index in [1.165, 1.54) is 25.4 Å². The Morgan fingerprint density at radius 3 is 2.35 bits per heavy atom. The molecule has 136 valence electrons. The number of nitrogens with one attached hydrogen (secondary N) is 2. The SMILES string of the molecule is CC(=O)c1cccc(NC(=O)c2cncc(C(=O)NCCC(C)C)c2)c1. The van der Waals surface area contributed by atoms with Crippen LogP contribution in [-0.2, 0) is 0 Å². The number of rotatable bonds is 7. The molecular weight excluding hydrogens is 330 g/mol. The Balaban J connectivity index is 2.06. The number of aromatic nitrogens is 1. The Morgan fingerprint density at radius 1 is 1.00 bits per heavy atom. The number of anilines is 1. The van der Waals surface area contributed by atoms with Crippen LogP contribution in [0, 0.1) is 5.92 Å². The van der Waals surface area contributed by atoms with E-state index < -0.39 is 5.91 Å². The molecule has 6 nitrogen and oxygen atoms in total. The zero-order chi connectivity index (χ0) is 19.1. The maximum atomic E-state index is 12.4. The van der Waals surface area contributed by atoms with E-state index in [4.69, 9.17) is 0 Å². The monoisotopic (exact) mass is 353 g/mol. The minimum atomic E-state index is -0.393. The Hall–Kier alpha value is -3.02. The molecule has 0 aliphatic carbocycles. The molecule has 1 aromatic carbocycles. The van der Waals surface area contributed by atoms with Gasteiger partial charge in [0.15, 0.2) is 5.78 Å². The minimum absolute atomic E-state index is 0.0807. The molecule has 2 aromatic rings. The van der Waals surface area contributed by atoms with E-state index in [1.807, 2.05) is 0 Å². The second kappa shape index (κ2) is 8.89. The quantitative estimate of drug-likeness (QED) is 0.748. The van der Waals surface area contributed by atoms with Crippen molar-refractivity contribution in [2.24, 2.45) is 5.92 Å². The Morgan fingerprint density at radius 2 is 1.69 bits per heavy atom. The molecule has 0 unspecified atom stereocenters. The molecule has 6 heteroatoms. The predicted octanol–water partition coefficient (Wildman–Crippen LogP) is 3.31. The van der Waals surface area contributed by atoms with Gasteiger partial charge < -0.3 is 10.6 Å². The van der Waals surface area contributed by atoms with Crippen LogP contribution in [0.25, 0.3) is 0 Å². The lowest BCUT2D eigenvalue weighted by Gasteiger charge is -2.09. The largest absolute Gasteiger partial charge is 0.352 e. The normalized spacial score (nSPS) is 10.5. The van der Waals surface area contributed by atoms with Gasteiger partial charge in [0.1, 0.15) is 0 Å². The molecule has 2 amide bonds. The predicted molar refractivity (Wildman–Crippen MR) is 100 cm³/mol. The third-order valence-corrected chi connectivity index (χ3v) is 3.80. The summed E-state index contributed by atoms with van der Waals surface area (Å²) in [6, 6.07) is 8.18. The van der Waals surface area contributed by atoms with Gasteiger partial charge in [-0.25, -0.2) is 0 Å². The van der Waals surface area contributed by atoms with Crippen molar-refractivity contribution in [3.05, 3.63) is 59.4 Å². The number of pyridine rings is 1. The molecular formula is C20H23N3O3. The second-order valence-corrected chi connectivity index (χ2v) is 6.49. The van der Waals surface area contributed by atoms with Crippen molar-refractivity contribution in [3.63, 3.8) is 0 Å². The van der Waals surface area contributed by atoms with E-state index in [1.54, 1.807) is 24.3 Å². The molecule has 26 heavy (non-hydrogen) atoms. The lowest BCUT2D eigenvalue weighted by Crippen LogP contribution is -2.26. The van der Waals surface area contributed by atoms with Crippen LogP contribution in [0.4, 0.5) is 5.69 Å². The van der Waals surface area contributed by atoms with Crippen molar-refractivity contribution < 1.29 is 14.4 Å². The number of hydrogen-bond donors (Lipinski definition) is 2. The average molecular weight is 353 g/mol. The zero-order valence-electron chi connectivity index (χ0n) is 15.2. The summed E-state index contributed by atoms with van der Waals surface area (Å²) in [5, 5.41) is 5.53. The number of amides is 2. The number of hydrogen-bond acceptors (Lipinski definition) is 4. The van der Waals surface area contributed by atoms with E-state index in [2.05, 4.69) is 29.5 Å². The van der Waals surface area contributed by atoms with Gasteiger partial charge in [0.2, 0.25) is 0 Å². The van der Waals surface area contributed by atoms with E-state index in [0.717, 1.165) is 6.42 Å². The fraction of sp³-hybridized carbons (Fsp3) is 0.300. The van der Waals surface area contributed by atoms with Crippen molar-refractivity contribution in [2.75, 3.05) is 11.9 Å². The molecule has 0 bridgehead atoms. The topological polar surface area (TPSA) is 88.2 Å². The van der Waals surface area contributed by atoms with Crippen LogP contribution >= 0.6 is 0 Å². The molecule has 0 fully saturated rings. The van der Waals surface area contributed by atoms with Crippen molar-refractivity contribution in [3.8, 4) is 0 Å². The van der Waals surface area contributed by atoms with E-state index in [9.17, 15) is 14.4 Å². The van der Waals surface area contributed by atoms with E-state index in [0.29, 0.717) is 29.3 Å². The van der Waals surface area contributed by atoms with Crippen LogP contribution in [0.5, 0.6) is 0 Å². The van der Waals surface area contributed by atoms with Gasteiger partial charge in [-0.15, -0.1) is 0 Å². The second-order valence-electron chi connectivity index (χ2n) is 6.49. The highest BCUT2D eigenvalue weighted by molar-refractivity contribution is 6.06. The molecule has 0 spiro atoms. The van der Waals surface area contributed by atoms with Crippen molar-refractivity contribution in [2.45, 2.75) is 27.2 Å². The fourth-order valence-electron chi connectivity index (χ4n) is 2.28. The maximum Gasteiger partial charge on any atom is 0.257 e. The highest BCUT2D eigenvalue weighted by atomic mass is 16.2. The molecule has 0 saturated heterocycles. The molecule has 0 saturated carbocycles. The first-order valence-electron chi connectivity index (χ1n) is 8.52. The third-order valence-electron chi connectivity index (χ3n) is 3.80. The zero-order valence-corrected chi connectivity index (χ0v) is 15.2. The van der Waals surface area contributed by atoms with Gasteiger partial charge in [-0.2, -0.15) is 0 Å². The van der Waals surface area contributed by atoms with Crippen molar-refractivity contribution in [1.82, 2.24) is 10.3 Å². The van der Waals surface area contributed by atoms with E-state index in [-0.39, 0.29) is 17.3 Å². The summed E-state index contributed by atoms with van der Waals surface area (Å²) in [4.78, 5) is 40.0. The van der Waals surface area contributed by atoms with Gasteiger partial charge >= 0.3 is 0 Å². The van der Waals surface area contributed by atoms with Crippen LogP contribution in [0.1, 0.15) is 58.3 Å². The number of carbonyl (C=O) groups excluding carboxylic acids is 3. The lowest BCUT2D eigenvalue weighted by molar-refractivity contribution is 0.0950. The van der Waals surface area contributed by atoms with Gasteiger partial charge in [0, 0.05) is 30.2 Å². The molecule has 1 aromatic heterocycles. The Kier molecular flexibility index (Phi) is 6.60. The minimum Gasteiger partial charge on any atom is -0.352 e.